The molecule has 0 aromatic heterocycles. The smallest absolute Gasteiger partial charge is 0.192 e. The summed E-state index contributed by atoms with van der Waals surface area (Å²) >= 11 is 0. The third kappa shape index (κ3) is 1.13. The summed E-state index contributed by atoms with van der Waals surface area (Å²) in [5, 5.41) is 0. The zero-order valence-corrected chi connectivity index (χ0v) is 9.16. The van der Waals surface area contributed by atoms with Gasteiger partial charge in [0.15, 0.2) is 5.96 Å². The van der Waals surface area contributed by atoms with Crippen LogP contribution in [0.15, 0.2) is 4.99 Å². The van der Waals surface area contributed by atoms with E-state index in [1.54, 1.807) is 0 Å². The normalized spacial score (nSPS) is 37.3. The molecule has 2 aliphatic rings. The molecule has 1 saturated heterocycles. The van der Waals surface area contributed by atoms with Gasteiger partial charge in [-0.1, -0.05) is 0 Å². The SMILES string of the molecule is CC(C)N1C(N)=NCC12CCOC2C. The van der Waals surface area contributed by atoms with Crippen molar-refractivity contribution in [2.75, 3.05) is 13.2 Å². The molecular weight excluding hydrogens is 178 g/mol. The molecule has 1 fully saturated rings. The molecule has 14 heavy (non-hydrogen) atoms. The van der Waals surface area contributed by atoms with Crippen molar-refractivity contribution < 1.29 is 4.74 Å². The van der Waals surface area contributed by atoms with Gasteiger partial charge in [0, 0.05) is 12.6 Å². The van der Waals surface area contributed by atoms with Crippen LogP contribution in [0.25, 0.3) is 0 Å². The lowest BCUT2D eigenvalue weighted by molar-refractivity contribution is 0.0458. The van der Waals surface area contributed by atoms with Crippen molar-refractivity contribution in [2.45, 2.75) is 44.9 Å². The minimum atomic E-state index is 0.0399. The second-order valence-corrected chi connectivity index (χ2v) is 4.50. The molecule has 2 unspecified atom stereocenters. The molecule has 2 N–H and O–H groups in total. The van der Waals surface area contributed by atoms with E-state index in [1.165, 1.54) is 0 Å². The predicted octanol–water partition coefficient (Wildman–Crippen LogP) is 0.573. The van der Waals surface area contributed by atoms with Gasteiger partial charge in [0.25, 0.3) is 0 Å². The van der Waals surface area contributed by atoms with E-state index in [0.717, 1.165) is 19.6 Å². The first kappa shape index (κ1) is 9.77. The average Bonchev–Trinajstić information content (AvgIpc) is 2.60. The van der Waals surface area contributed by atoms with E-state index in [0.29, 0.717) is 12.0 Å². The molecule has 4 heteroatoms. The molecule has 0 radical (unpaired) electrons. The first-order chi connectivity index (χ1) is 6.58. The van der Waals surface area contributed by atoms with Crippen LogP contribution in [0.1, 0.15) is 27.2 Å². The van der Waals surface area contributed by atoms with E-state index in [9.17, 15) is 0 Å². The van der Waals surface area contributed by atoms with Gasteiger partial charge in [-0.15, -0.1) is 0 Å². The molecule has 2 atom stereocenters. The van der Waals surface area contributed by atoms with Gasteiger partial charge >= 0.3 is 0 Å². The Balaban J connectivity index is 2.29. The highest BCUT2D eigenvalue weighted by molar-refractivity contribution is 5.81. The van der Waals surface area contributed by atoms with Crippen LogP contribution < -0.4 is 5.73 Å². The number of nitrogens with two attached hydrogens (primary N) is 1. The van der Waals surface area contributed by atoms with E-state index >= 15 is 0 Å². The molecule has 2 heterocycles. The maximum Gasteiger partial charge on any atom is 0.192 e. The van der Waals surface area contributed by atoms with Crippen molar-refractivity contribution in [3.63, 3.8) is 0 Å². The van der Waals surface area contributed by atoms with Gasteiger partial charge in [-0.05, 0) is 27.2 Å². The monoisotopic (exact) mass is 197 g/mol. The van der Waals surface area contributed by atoms with Crippen LogP contribution >= 0.6 is 0 Å². The topological polar surface area (TPSA) is 50.8 Å². The van der Waals surface area contributed by atoms with E-state index in [4.69, 9.17) is 10.5 Å². The number of hydrogen-bond donors (Lipinski definition) is 1. The Morgan fingerprint density at radius 2 is 2.36 bits per heavy atom. The van der Waals surface area contributed by atoms with Crippen molar-refractivity contribution in [3.8, 4) is 0 Å². The maximum atomic E-state index is 5.92. The fourth-order valence-corrected chi connectivity index (χ4v) is 2.67. The Bertz CT molecular complexity index is 264. The summed E-state index contributed by atoms with van der Waals surface area (Å²) in [6.07, 6.45) is 1.27. The van der Waals surface area contributed by atoms with Gasteiger partial charge in [0.1, 0.15) is 0 Å². The fourth-order valence-electron chi connectivity index (χ4n) is 2.67. The van der Waals surface area contributed by atoms with Crippen LogP contribution in [0.2, 0.25) is 0 Å². The van der Waals surface area contributed by atoms with E-state index in [-0.39, 0.29) is 11.6 Å². The summed E-state index contributed by atoms with van der Waals surface area (Å²) in [6.45, 7) is 8.04. The number of rotatable bonds is 1. The van der Waals surface area contributed by atoms with Gasteiger partial charge < -0.3 is 15.4 Å². The third-order valence-electron chi connectivity index (χ3n) is 3.42. The summed E-state index contributed by atoms with van der Waals surface area (Å²) in [5.74, 6) is 0.678. The summed E-state index contributed by atoms with van der Waals surface area (Å²) in [6, 6.07) is 0.394. The van der Waals surface area contributed by atoms with Crippen LogP contribution in [0.4, 0.5) is 0 Å². The van der Waals surface area contributed by atoms with E-state index < -0.39 is 0 Å². The lowest BCUT2D eigenvalue weighted by Crippen LogP contribution is -2.58. The molecule has 4 nitrogen and oxygen atoms in total. The summed E-state index contributed by atoms with van der Waals surface area (Å²) in [5.41, 5.74) is 5.96. The van der Waals surface area contributed by atoms with Crippen molar-refractivity contribution >= 4 is 5.96 Å². The molecule has 1 spiro atoms. The van der Waals surface area contributed by atoms with Gasteiger partial charge in [0.05, 0.1) is 18.2 Å². The van der Waals surface area contributed by atoms with Crippen LogP contribution in [0.3, 0.4) is 0 Å². The molecule has 2 rings (SSSR count). The zero-order chi connectivity index (χ0) is 10.3. The minimum absolute atomic E-state index is 0.0399. The summed E-state index contributed by atoms with van der Waals surface area (Å²) in [7, 11) is 0. The first-order valence-corrected chi connectivity index (χ1v) is 5.29. The molecule has 0 aromatic rings. The average molecular weight is 197 g/mol. The lowest BCUT2D eigenvalue weighted by atomic mass is 9.90. The number of hydrogen-bond acceptors (Lipinski definition) is 4. The third-order valence-corrected chi connectivity index (χ3v) is 3.42. The van der Waals surface area contributed by atoms with Crippen molar-refractivity contribution in [3.05, 3.63) is 0 Å². The quantitative estimate of drug-likeness (QED) is 0.668. The molecular formula is C10H19N3O. The minimum Gasteiger partial charge on any atom is -0.376 e. The highest BCUT2D eigenvalue weighted by Crippen LogP contribution is 2.36. The maximum absolute atomic E-state index is 5.92. The van der Waals surface area contributed by atoms with E-state index in [1.807, 2.05) is 0 Å². The van der Waals surface area contributed by atoms with Gasteiger partial charge in [-0.3, -0.25) is 4.99 Å². The van der Waals surface area contributed by atoms with Gasteiger partial charge in [-0.2, -0.15) is 0 Å². The Hall–Kier alpha value is -0.770. The Kier molecular flexibility index (Phi) is 2.18. The van der Waals surface area contributed by atoms with Crippen LogP contribution in [-0.2, 0) is 4.74 Å². The summed E-state index contributed by atoms with van der Waals surface area (Å²) < 4.78 is 5.65. The fraction of sp³-hybridized carbons (Fsp3) is 0.900. The second kappa shape index (κ2) is 3.12. The second-order valence-electron chi connectivity index (χ2n) is 4.50. The standard InChI is InChI=1S/C10H19N3O/c1-7(2)13-9(11)12-6-10(13)4-5-14-8(10)3/h7-8H,4-6H2,1-3H3,(H2,11,12). The van der Waals surface area contributed by atoms with Gasteiger partial charge in [-0.25, -0.2) is 0 Å². The first-order valence-electron chi connectivity index (χ1n) is 5.29. The Morgan fingerprint density at radius 1 is 1.64 bits per heavy atom. The zero-order valence-electron chi connectivity index (χ0n) is 9.16. The van der Waals surface area contributed by atoms with Crippen LogP contribution in [0.5, 0.6) is 0 Å². The van der Waals surface area contributed by atoms with E-state index in [2.05, 4.69) is 30.7 Å². The molecule has 2 aliphatic heterocycles. The molecule has 0 bridgehead atoms. The Morgan fingerprint density at radius 3 is 2.86 bits per heavy atom. The van der Waals surface area contributed by atoms with Crippen molar-refractivity contribution in [2.24, 2.45) is 10.7 Å². The molecule has 80 valence electrons. The molecule has 0 aliphatic carbocycles. The Labute approximate surface area is 85.1 Å². The molecule has 0 amide bonds. The van der Waals surface area contributed by atoms with Crippen LogP contribution in [-0.4, -0.2) is 41.7 Å². The number of ether oxygens (including phenoxy) is 1. The highest BCUT2D eigenvalue weighted by atomic mass is 16.5. The highest BCUT2D eigenvalue weighted by Gasteiger charge is 2.51. The predicted molar refractivity (Wildman–Crippen MR) is 56.2 cm³/mol. The summed E-state index contributed by atoms with van der Waals surface area (Å²) in [4.78, 5) is 6.59. The molecule has 0 saturated carbocycles. The number of nitrogens with zero attached hydrogens (tertiary/aromatic N) is 2. The number of aliphatic imine (C=N–C) groups is 1. The molecule has 0 aromatic carbocycles. The largest absolute Gasteiger partial charge is 0.376 e. The lowest BCUT2D eigenvalue weighted by Gasteiger charge is -2.40. The van der Waals surface area contributed by atoms with Gasteiger partial charge in [0.2, 0.25) is 0 Å². The van der Waals surface area contributed by atoms with Crippen molar-refractivity contribution in [1.29, 1.82) is 0 Å². The van der Waals surface area contributed by atoms with Crippen molar-refractivity contribution in [1.82, 2.24) is 4.90 Å². The number of guanidine groups is 1. The van der Waals surface area contributed by atoms with Crippen LogP contribution in [0, 0.1) is 0 Å².